The Morgan fingerprint density at radius 3 is 1.48 bits per heavy atom. The lowest BCUT2D eigenvalue weighted by molar-refractivity contribution is -0.301. The van der Waals surface area contributed by atoms with Crippen molar-refractivity contribution >= 4 is 23.9 Å². The lowest BCUT2D eigenvalue weighted by atomic mass is 9.98. The van der Waals surface area contributed by atoms with Crippen molar-refractivity contribution in [2.45, 2.75) is 263 Å². The lowest BCUT2D eigenvalue weighted by Crippen LogP contribution is -2.61. The van der Waals surface area contributed by atoms with E-state index in [-0.39, 0.29) is 25.9 Å². The van der Waals surface area contributed by atoms with Gasteiger partial charge < -0.3 is 39.0 Å². The topological polar surface area (TPSA) is 175 Å². The predicted molar refractivity (Wildman–Crippen MR) is 266 cm³/mol. The number of hydrogen-bond donors (Lipinski definition) is 3. The van der Waals surface area contributed by atoms with Gasteiger partial charge in [-0.1, -0.05) is 179 Å². The number of aliphatic hydroxyl groups is 2. The average Bonchev–Trinajstić information content (AvgIpc) is 3.31. The van der Waals surface area contributed by atoms with Crippen molar-refractivity contribution in [1.29, 1.82) is 0 Å². The Kier molecular flexibility index (Phi) is 40.4. The molecule has 1 heterocycles. The van der Waals surface area contributed by atoms with Crippen LogP contribution in [0.15, 0.2) is 48.6 Å². The lowest BCUT2D eigenvalue weighted by Gasteiger charge is -2.40. The fourth-order valence-electron chi connectivity index (χ4n) is 7.79. The van der Waals surface area contributed by atoms with Gasteiger partial charge in [-0.15, -0.1) is 0 Å². The molecule has 3 N–H and O–H groups in total. The normalized spacial score (nSPS) is 19.2. The maximum atomic E-state index is 13.0. The zero-order valence-electron chi connectivity index (χ0n) is 42.1. The summed E-state index contributed by atoms with van der Waals surface area (Å²) in [7, 11) is 0. The fourth-order valence-corrected chi connectivity index (χ4v) is 7.79. The van der Waals surface area contributed by atoms with Crippen LogP contribution < -0.4 is 0 Å². The molecule has 12 nitrogen and oxygen atoms in total. The van der Waals surface area contributed by atoms with Crippen LogP contribution in [0.5, 0.6) is 0 Å². The molecule has 1 saturated heterocycles. The van der Waals surface area contributed by atoms with Crippen LogP contribution in [0, 0.1) is 0 Å². The minimum atomic E-state index is -1.91. The van der Waals surface area contributed by atoms with Gasteiger partial charge >= 0.3 is 23.9 Å². The number of rotatable bonds is 44. The average molecular weight is 947 g/mol. The summed E-state index contributed by atoms with van der Waals surface area (Å²) in [6, 6.07) is 0. The van der Waals surface area contributed by atoms with E-state index in [1.54, 1.807) is 0 Å². The number of carbonyl (C=O) groups is 4. The largest absolute Gasteiger partial charge is 0.479 e. The van der Waals surface area contributed by atoms with Crippen molar-refractivity contribution in [1.82, 2.24) is 0 Å². The predicted octanol–water partition coefficient (Wildman–Crippen LogP) is 12.7. The molecule has 0 aromatic heterocycles. The van der Waals surface area contributed by atoms with Gasteiger partial charge in [-0.05, 0) is 77.0 Å². The summed E-state index contributed by atoms with van der Waals surface area (Å²) in [5.41, 5.74) is 0. The molecular formula is C55H94O12. The van der Waals surface area contributed by atoms with E-state index < -0.39 is 67.3 Å². The number of hydrogen-bond acceptors (Lipinski definition) is 11. The van der Waals surface area contributed by atoms with Gasteiger partial charge in [0.2, 0.25) is 0 Å². The third-order valence-corrected chi connectivity index (χ3v) is 11.9. The number of allylic oxidation sites excluding steroid dienone is 8. The molecule has 0 saturated carbocycles. The molecule has 0 radical (unpaired) electrons. The molecule has 0 aliphatic carbocycles. The number of unbranched alkanes of at least 4 members (excludes halogenated alkanes) is 22. The number of carbonyl (C=O) groups excluding carboxylic acids is 3. The fraction of sp³-hybridized carbons (Fsp3) is 0.782. The van der Waals surface area contributed by atoms with Crippen LogP contribution in [0.2, 0.25) is 0 Å². The Labute approximate surface area is 405 Å². The summed E-state index contributed by atoms with van der Waals surface area (Å²) in [5.74, 6) is -3.16. The van der Waals surface area contributed by atoms with E-state index in [0.29, 0.717) is 19.3 Å². The first-order valence-electron chi connectivity index (χ1n) is 26.6. The van der Waals surface area contributed by atoms with Crippen LogP contribution in [0.3, 0.4) is 0 Å². The minimum Gasteiger partial charge on any atom is -0.479 e. The van der Waals surface area contributed by atoms with Gasteiger partial charge in [0.15, 0.2) is 24.6 Å². The molecule has 0 spiro atoms. The summed E-state index contributed by atoms with van der Waals surface area (Å²) in [4.78, 5) is 50.8. The summed E-state index contributed by atoms with van der Waals surface area (Å²) < 4.78 is 28.3. The molecule has 0 amide bonds. The van der Waals surface area contributed by atoms with Crippen molar-refractivity contribution in [3.8, 4) is 0 Å². The first kappa shape index (κ1) is 61.7. The zero-order chi connectivity index (χ0) is 49.0. The van der Waals surface area contributed by atoms with Crippen molar-refractivity contribution in [2.24, 2.45) is 0 Å². The Morgan fingerprint density at radius 1 is 0.507 bits per heavy atom. The summed E-state index contributed by atoms with van der Waals surface area (Å²) >= 11 is 0. The zero-order valence-corrected chi connectivity index (χ0v) is 42.1. The Bertz CT molecular complexity index is 1360. The van der Waals surface area contributed by atoms with Gasteiger partial charge in [0.1, 0.15) is 18.8 Å². The maximum absolute atomic E-state index is 13.0. The van der Waals surface area contributed by atoms with E-state index in [1.807, 2.05) is 0 Å². The van der Waals surface area contributed by atoms with Crippen molar-refractivity contribution in [2.75, 3.05) is 13.2 Å². The Balaban J connectivity index is 2.75. The van der Waals surface area contributed by atoms with Crippen LogP contribution >= 0.6 is 0 Å². The maximum Gasteiger partial charge on any atom is 0.335 e. The molecule has 0 aromatic carbocycles. The number of carboxylic acids is 1. The monoisotopic (exact) mass is 947 g/mol. The molecule has 6 unspecified atom stereocenters. The second-order valence-electron chi connectivity index (χ2n) is 18.1. The summed E-state index contributed by atoms with van der Waals surface area (Å²) in [6.45, 7) is 5.81. The van der Waals surface area contributed by atoms with Gasteiger partial charge in [-0.3, -0.25) is 14.4 Å². The third kappa shape index (κ3) is 34.6. The summed E-state index contributed by atoms with van der Waals surface area (Å²) in [5, 5.41) is 31.3. The first-order chi connectivity index (χ1) is 32.6. The highest BCUT2D eigenvalue weighted by Gasteiger charge is 2.50. The van der Waals surface area contributed by atoms with Crippen LogP contribution in [0.1, 0.15) is 226 Å². The van der Waals surface area contributed by atoms with E-state index >= 15 is 0 Å². The molecule has 1 fully saturated rings. The van der Waals surface area contributed by atoms with Crippen molar-refractivity contribution < 1.29 is 58.2 Å². The molecule has 0 bridgehead atoms. The van der Waals surface area contributed by atoms with E-state index in [0.717, 1.165) is 96.3 Å². The third-order valence-electron chi connectivity index (χ3n) is 11.9. The Morgan fingerprint density at radius 2 is 0.940 bits per heavy atom. The molecule has 386 valence electrons. The Hall–Kier alpha value is -3.32. The molecular weight excluding hydrogens is 853 g/mol. The molecule has 1 rings (SSSR count). The smallest absolute Gasteiger partial charge is 0.335 e. The molecule has 1 aliphatic rings. The number of ether oxygens (including phenoxy) is 5. The first-order valence-corrected chi connectivity index (χ1v) is 26.6. The number of esters is 3. The highest BCUT2D eigenvalue weighted by atomic mass is 16.7. The SMILES string of the molecule is CC/C=C\C/C=C\C/C=C\CCCCCC(=O)OC1C(OCC(COC(=O)CCCCCCC/C=C\CCCCCC)OC(=O)CCCCCCCCCCCCC)OC(C(=O)O)C(O)C1O. The van der Waals surface area contributed by atoms with E-state index in [2.05, 4.69) is 69.4 Å². The second-order valence-corrected chi connectivity index (χ2v) is 18.1. The van der Waals surface area contributed by atoms with E-state index in [9.17, 15) is 34.5 Å². The molecule has 12 heteroatoms. The van der Waals surface area contributed by atoms with Gasteiger partial charge in [0, 0.05) is 19.3 Å². The van der Waals surface area contributed by atoms with Crippen LogP contribution in [0.4, 0.5) is 0 Å². The molecule has 0 aromatic rings. The van der Waals surface area contributed by atoms with Gasteiger partial charge in [0.05, 0.1) is 6.61 Å². The highest BCUT2D eigenvalue weighted by Crippen LogP contribution is 2.26. The quantitative estimate of drug-likeness (QED) is 0.0228. The number of aliphatic carboxylic acids is 1. The second kappa shape index (κ2) is 43.9. The van der Waals surface area contributed by atoms with Crippen molar-refractivity contribution in [3.05, 3.63) is 48.6 Å². The van der Waals surface area contributed by atoms with Crippen LogP contribution in [0.25, 0.3) is 0 Å². The van der Waals surface area contributed by atoms with Gasteiger partial charge in [-0.25, -0.2) is 4.79 Å². The number of aliphatic hydroxyl groups excluding tert-OH is 2. The van der Waals surface area contributed by atoms with Crippen LogP contribution in [-0.4, -0.2) is 89.2 Å². The van der Waals surface area contributed by atoms with Gasteiger partial charge in [-0.2, -0.15) is 0 Å². The molecule has 6 atom stereocenters. The van der Waals surface area contributed by atoms with Crippen LogP contribution in [-0.2, 0) is 42.9 Å². The van der Waals surface area contributed by atoms with Crippen molar-refractivity contribution in [3.63, 3.8) is 0 Å². The van der Waals surface area contributed by atoms with Gasteiger partial charge in [0.25, 0.3) is 0 Å². The molecule has 1 aliphatic heterocycles. The summed E-state index contributed by atoms with van der Waals surface area (Å²) in [6.07, 6.45) is 38.2. The molecule has 67 heavy (non-hydrogen) atoms. The van der Waals surface area contributed by atoms with E-state index in [4.69, 9.17) is 23.7 Å². The standard InChI is InChI=1S/C55H94O12/c1-4-7-10-13-16-19-22-24-27-29-32-35-38-41-47(56)63-44-46(65-48(57)42-39-36-33-30-26-21-18-15-12-9-6-3)45-64-55-53(51(60)50(59)52(67-55)54(61)62)66-49(58)43-40-37-34-31-28-25-23-20-17-14-11-8-5-2/h8,11,17,19-20,22,25,28,46,50-53,55,59-60H,4-7,9-10,12-16,18,21,23-24,26-27,29-45H2,1-3H3,(H,61,62)/b11-8-,20-17-,22-19-,28-25-. The highest BCUT2D eigenvalue weighted by molar-refractivity contribution is 5.74. The van der Waals surface area contributed by atoms with E-state index in [1.165, 1.54) is 70.6 Å². The number of carboxylic acid groups (broad SMARTS) is 1. The minimum absolute atomic E-state index is 0.0258.